The smallest absolute Gasteiger partial charge is 0.272 e. The molecule has 0 spiro atoms. The van der Waals surface area contributed by atoms with E-state index < -0.39 is 0 Å². The summed E-state index contributed by atoms with van der Waals surface area (Å²) in [6.07, 6.45) is 2.43. The molecule has 1 fully saturated rings. The Morgan fingerprint density at radius 1 is 1.16 bits per heavy atom. The minimum Gasteiger partial charge on any atom is -0.377 e. The van der Waals surface area contributed by atoms with Crippen molar-refractivity contribution in [3.63, 3.8) is 0 Å². The van der Waals surface area contributed by atoms with E-state index in [1.54, 1.807) is 11.8 Å². The summed E-state index contributed by atoms with van der Waals surface area (Å²) in [6.45, 7) is 3.43. The number of hydrogen-bond donors (Lipinski definition) is 0. The zero-order valence-corrected chi connectivity index (χ0v) is 19.0. The molecule has 5 rings (SSSR count). The van der Waals surface area contributed by atoms with Gasteiger partial charge in [-0.3, -0.25) is 9.36 Å². The lowest BCUT2D eigenvalue weighted by Gasteiger charge is -2.14. The van der Waals surface area contributed by atoms with Crippen LogP contribution >= 0.6 is 23.1 Å². The second-order valence-corrected chi connectivity index (χ2v) is 9.95. The third-order valence-electron chi connectivity index (χ3n) is 5.54. The Labute approximate surface area is 189 Å². The van der Waals surface area contributed by atoms with Crippen LogP contribution in [0.25, 0.3) is 20.7 Å². The average molecular weight is 449 g/mol. The minimum atomic E-state index is 0.0343. The van der Waals surface area contributed by atoms with Crippen molar-refractivity contribution in [2.24, 2.45) is 0 Å². The summed E-state index contributed by atoms with van der Waals surface area (Å²) in [4.78, 5) is 19.6. The minimum absolute atomic E-state index is 0.0343. The van der Waals surface area contributed by atoms with Gasteiger partial charge in [0.2, 0.25) is 0 Å². The number of aryl methyl sites for hydroxylation is 1. The van der Waals surface area contributed by atoms with Crippen molar-refractivity contribution in [3.05, 3.63) is 82.1 Å². The van der Waals surface area contributed by atoms with Crippen molar-refractivity contribution in [2.45, 2.75) is 37.6 Å². The predicted octanol–water partition coefficient (Wildman–Crippen LogP) is 5.75. The van der Waals surface area contributed by atoms with Gasteiger partial charge >= 0.3 is 0 Å². The number of benzene rings is 2. The molecule has 3 heterocycles. The molecule has 0 amide bonds. The first kappa shape index (κ1) is 20.5. The molecule has 2 aromatic heterocycles. The summed E-state index contributed by atoms with van der Waals surface area (Å²) in [5, 5.41) is 0.769. The Kier molecular flexibility index (Phi) is 5.94. The van der Waals surface area contributed by atoms with Crippen molar-refractivity contribution < 1.29 is 4.74 Å². The molecule has 0 N–H and O–H groups in total. The second-order valence-electron chi connectivity index (χ2n) is 7.91. The van der Waals surface area contributed by atoms with Crippen LogP contribution in [0.1, 0.15) is 24.0 Å². The number of aromatic nitrogens is 2. The molecule has 0 radical (unpaired) electrons. The molecule has 1 aliphatic heterocycles. The van der Waals surface area contributed by atoms with Gasteiger partial charge in [-0.25, -0.2) is 4.98 Å². The van der Waals surface area contributed by atoms with Gasteiger partial charge in [-0.1, -0.05) is 71.9 Å². The van der Waals surface area contributed by atoms with Crippen LogP contribution in [0.3, 0.4) is 0 Å². The van der Waals surface area contributed by atoms with Gasteiger partial charge in [0.25, 0.3) is 5.56 Å². The highest BCUT2D eigenvalue weighted by Gasteiger charge is 2.20. The van der Waals surface area contributed by atoms with Crippen LogP contribution in [0.4, 0.5) is 0 Å². The number of thioether (sulfide) groups is 1. The Morgan fingerprint density at radius 3 is 2.71 bits per heavy atom. The highest BCUT2D eigenvalue weighted by atomic mass is 32.2. The molecule has 1 unspecified atom stereocenters. The van der Waals surface area contributed by atoms with E-state index in [1.807, 2.05) is 22.8 Å². The molecule has 0 aliphatic carbocycles. The lowest BCUT2D eigenvalue weighted by atomic mass is 10.1. The number of hydrogen-bond acceptors (Lipinski definition) is 5. The zero-order chi connectivity index (χ0) is 21.2. The average Bonchev–Trinajstić information content (AvgIpc) is 3.46. The van der Waals surface area contributed by atoms with Crippen molar-refractivity contribution in [1.29, 1.82) is 0 Å². The van der Waals surface area contributed by atoms with Gasteiger partial charge in [-0.15, -0.1) is 11.3 Å². The van der Waals surface area contributed by atoms with Gasteiger partial charge in [0, 0.05) is 17.2 Å². The predicted molar refractivity (Wildman–Crippen MR) is 129 cm³/mol. The fourth-order valence-electron chi connectivity index (χ4n) is 3.81. The number of rotatable bonds is 6. The summed E-state index contributed by atoms with van der Waals surface area (Å²) in [5.41, 5.74) is 4.26. The molecule has 158 valence electrons. The lowest BCUT2D eigenvalue weighted by Crippen LogP contribution is -2.23. The van der Waals surface area contributed by atoms with Gasteiger partial charge in [0.15, 0.2) is 5.16 Å². The van der Waals surface area contributed by atoms with Crippen LogP contribution in [-0.4, -0.2) is 28.0 Å². The first-order valence-corrected chi connectivity index (χ1v) is 12.4. The van der Waals surface area contributed by atoms with Crippen LogP contribution in [0.2, 0.25) is 0 Å². The van der Waals surface area contributed by atoms with Crippen molar-refractivity contribution in [3.8, 4) is 10.4 Å². The van der Waals surface area contributed by atoms with Gasteiger partial charge in [0.05, 0.1) is 18.2 Å². The standard InChI is InChI=1S/C25H24N2O2S2/c1-17-9-11-19(12-10-17)22-14-21-23(31-22)24(28)27(15-18-6-3-2-4-7-18)25(26-21)30-16-20-8-5-13-29-20/h2-4,6-7,9-12,14,20H,5,8,13,15-16H2,1H3. The molecular weight excluding hydrogens is 424 g/mol. The summed E-state index contributed by atoms with van der Waals surface area (Å²) < 4.78 is 8.33. The Hall–Kier alpha value is -2.41. The maximum atomic E-state index is 13.5. The van der Waals surface area contributed by atoms with Gasteiger partial charge < -0.3 is 4.74 Å². The topological polar surface area (TPSA) is 44.1 Å². The number of nitrogens with zero attached hydrogens (tertiary/aromatic N) is 2. The third kappa shape index (κ3) is 4.47. The summed E-state index contributed by atoms with van der Waals surface area (Å²) >= 11 is 3.16. The summed E-state index contributed by atoms with van der Waals surface area (Å²) in [5.74, 6) is 0.821. The molecule has 1 atom stereocenters. The van der Waals surface area contributed by atoms with E-state index in [4.69, 9.17) is 9.72 Å². The first-order valence-electron chi connectivity index (χ1n) is 10.6. The quantitative estimate of drug-likeness (QED) is 0.278. The molecule has 4 nitrogen and oxygen atoms in total. The fourth-order valence-corrected chi connectivity index (χ4v) is 5.92. The number of fused-ring (bicyclic) bond motifs is 1. The Balaban J connectivity index is 1.56. The van der Waals surface area contributed by atoms with Gasteiger partial charge in [-0.05, 0) is 37.0 Å². The van der Waals surface area contributed by atoms with E-state index in [-0.39, 0.29) is 11.7 Å². The largest absolute Gasteiger partial charge is 0.377 e. The SMILES string of the molecule is Cc1ccc(-c2cc3nc(SCC4CCCO4)n(Cc4ccccc4)c(=O)c3s2)cc1. The highest BCUT2D eigenvalue weighted by molar-refractivity contribution is 7.99. The van der Waals surface area contributed by atoms with Crippen molar-refractivity contribution in [1.82, 2.24) is 9.55 Å². The maximum Gasteiger partial charge on any atom is 0.272 e. The third-order valence-corrected chi connectivity index (χ3v) is 7.81. The van der Waals surface area contributed by atoms with Crippen LogP contribution in [-0.2, 0) is 11.3 Å². The normalized spacial score (nSPS) is 16.2. The van der Waals surface area contributed by atoms with Crippen LogP contribution in [0, 0.1) is 6.92 Å². The van der Waals surface area contributed by atoms with Crippen molar-refractivity contribution >= 4 is 33.3 Å². The number of thiophene rings is 1. The fraction of sp³-hybridized carbons (Fsp3) is 0.280. The molecule has 31 heavy (non-hydrogen) atoms. The van der Waals surface area contributed by atoms with E-state index >= 15 is 0 Å². The molecule has 0 saturated carbocycles. The highest BCUT2D eigenvalue weighted by Crippen LogP contribution is 2.33. The molecule has 4 aromatic rings. The molecule has 1 aliphatic rings. The second kappa shape index (κ2) is 8.99. The van der Waals surface area contributed by atoms with Crippen LogP contribution in [0.5, 0.6) is 0 Å². The van der Waals surface area contributed by atoms with E-state index in [0.717, 1.165) is 51.9 Å². The lowest BCUT2D eigenvalue weighted by molar-refractivity contribution is 0.129. The zero-order valence-electron chi connectivity index (χ0n) is 17.4. The molecular formula is C25H24N2O2S2. The van der Waals surface area contributed by atoms with Crippen molar-refractivity contribution in [2.75, 3.05) is 12.4 Å². The Bertz CT molecular complexity index is 1240. The summed E-state index contributed by atoms with van der Waals surface area (Å²) in [6, 6.07) is 20.6. The van der Waals surface area contributed by atoms with E-state index in [9.17, 15) is 4.79 Å². The van der Waals surface area contributed by atoms with E-state index in [2.05, 4.69) is 49.4 Å². The molecule has 1 saturated heterocycles. The Morgan fingerprint density at radius 2 is 1.97 bits per heavy atom. The van der Waals surface area contributed by atoms with Gasteiger partial charge in [-0.2, -0.15) is 0 Å². The molecule has 0 bridgehead atoms. The molecule has 2 aromatic carbocycles. The van der Waals surface area contributed by atoms with Crippen LogP contribution in [0.15, 0.2) is 70.6 Å². The summed E-state index contributed by atoms with van der Waals surface area (Å²) in [7, 11) is 0. The van der Waals surface area contributed by atoms with Gasteiger partial charge in [0.1, 0.15) is 4.70 Å². The molecule has 6 heteroatoms. The maximum absolute atomic E-state index is 13.5. The monoisotopic (exact) mass is 448 g/mol. The van der Waals surface area contributed by atoms with E-state index in [0.29, 0.717) is 11.2 Å². The van der Waals surface area contributed by atoms with E-state index in [1.165, 1.54) is 16.9 Å². The first-order chi connectivity index (χ1) is 15.2. The van der Waals surface area contributed by atoms with Crippen LogP contribution < -0.4 is 5.56 Å². The number of ether oxygens (including phenoxy) is 1.